The fraction of sp³-hybridized carbons (Fsp3) is 0.550. The van der Waals surface area contributed by atoms with E-state index in [4.69, 9.17) is 0 Å². The molecule has 0 atom stereocenters. The van der Waals surface area contributed by atoms with Gasteiger partial charge < -0.3 is 5.32 Å². The number of benzene rings is 1. The highest BCUT2D eigenvalue weighted by Gasteiger charge is 2.17. The van der Waals surface area contributed by atoms with E-state index in [9.17, 15) is 9.59 Å². The van der Waals surface area contributed by atoms with Crippen molar-refractivity contribution >= 4 is 17.5 Å². The molecule has 1 aliphatic rings. The Kier molecular flexibility index (Phi) is 6.34. The van der Waals surface area contributed by atoms with Gasteiger partial charge in [-0.2, -0.15) is 5.10 Å². The predicted octanol–water partition coefficient (Wildman–Crippen LogP) is 3.54. The Morgan fingerprint density at radius 2 is 1.72 bits per heavy atom. The minimum atomic E-state index is -0.268. The van der Waals surface area contributed by atoms with Gasteiger partial charge in [0.05, 0.1) is 6.42 Å². The summed E-state index contributed by atoms with van der Waals surface area (Å²) in [6.07, 6.45) is 4.69. The molecule has 1 fully saturated rings. The van der Waals surface area contributed by atoms with E-state index in [0.29, 0.717) is 17.3 Å². The Balaban J connectivity index is 1.84. The number of hydrogen-bond donors (Lipinski definition) is 2. The lowest BCUT2D eigenvalue weighted by atomic mass is 9.87. The van der Waals surface area contributed by atoms with Gasteiger partial charge in [0.25, 0.3) is 5.91 Å². The summed E-state index contributed by atoms with van der Waals surface area (Å²) in [4.78, 5) is 24.1. The van der Waals surface area contributed by atoms with Gasteiger partial charge in [0.2, 0.25) is 5.91 Å². The molecule has 1 aromatic rings. The molecule has 1 aliphatic carbocycles. The molecule has 1 saturated carbocycles. The van der Waals surface area contributed by atoms with Crippen molar-refractivity contribution in [2.75, 3.05) is 0 Å². The van der Waals surface area contributed by atoms with Crippen LogP contribution in [0.25, 0.3) is 0 Å². The number of hydrazone groups is 1. The Labute approximate surface area is 150 Å². The molecule has 5 nitrogen and oxygen atoms in total. The predicted molar refractivity (Wildman–Crippen MR) is 101 cm³/mol. The first-order chi connectivity index (χ1) is 11.8. The number of hydrogen-bond acceptors (Lipinski definition) is 3. The van der Waals surface area contributed by atoms with Crippen LogP contribution in [0.4, 0.5) is 0 Å². The normalized spacial score (nSPS) is 15.9. The summed E-state index contributed by atoms with van der Waals surface area (Å²) in [6.45, 7) is 8.14. The quantitative estimate of drug-likeness (QED) is 0.634. The Hall–Kier alpha value is -2.17. The standard InChI is InChI=1S/C20H29N3O2/c1-14(13-18(24)21-17-7-5-6-8-17)22-23-19(25)15-9-11-16(12-10-15)20(2,3)4/h9-12,17H,5-8,13H2,1-4H3,(H,21,24)(H,23,25). The Morgan fingerprint density at radius 1 is 1.12 bits per heavy atom. The minimum Gasteiger partial charge on any atom is -0.353 e. The van der Waals surface area contributed by atoms with Crippen molar-refractivity contribution < 1.29 is 9.59 Å². The molecule has 1 aromatic carbocycles. The highest BCUT2D eigenvalue weighted by molar-refractivity contribution is 6.01. The first-order valence-electron chi connectivity index (χ1n) is 8.99. The molecule has 25 heavy (non-hydrogen) atoms. The summed E-state index contributed by atoms with van der Waals surface area (Å²) in [6, 6.07) is 7.82. The number of carbonyl (C=O) groups is 2. The smallest absolute Gasteiger partial charge is 0.271 e. The molecule has 2 N–H and O–H groups in total. The van der Waals surface area contributed by atoms with Crippen molar-refractivity contribution in [3.63, 3.8) is 0 Å². The molecular weight excluding hydrogens is 314 g/mol. The van der Waals surface area contributed by atoms with Gasteiger partial charge in [-0.15, -0.1) is 0 Å². The fourth-order valence-corrected chi connectivity index (χ4v) is 2.95. The van der Waals surface area contributed by atoms with Crippen molar-refractivity contribution in [1.82, 2.24) is 10.7 Å². The first kappa shape index (κ1) is 19.2. The van der Waals surface area contributed by atoms with E-state index in [1.54, 1.807) is 19.1 Å². The maximum absolute atomic E-state index is 12.2. The zero-order chi connectivity index (χ0) is 18.4. The van der Waals surface area contributed by atoms with Crippen LogP contribution < -0.4 is 10.7 Å². The minimum absolute atomic E-state index is 0.0306. The average molecular weight is 343 g/mol. The Morgan fingerprint density at radius 3 is 2.28 bits per heavy atom. The molecule has 2 amide bonds. The van der Waals surface area contributed by atoms with Crippen molar-refractivity contribution in [2.24, 2.45) is 5.10 Å². The zero-order valence-electron chi connectivity index (χ0n) is 15.7. The van der Waals surface area contributed by atoms with E-state index in [0.717, 1.165) is 12.8 Å². The second-order valence-corrected chi connectivity index (χ2v) is 7.84. The van der Waals surface area contributed by atoms with Crippen LogP contribution in [0, 0.1) is 0 Å². The van der Waals surface area contributed by atoms with E-state index in [1.807, 2.05) is 12.1 Å². The number of carbonyl (C=O) groups excluding carboxylic acids is 2. The summed E-state index contributed by atoms with van der Waals surface area (Å²) in [7, 11) is 0. The van der Waals surface area contributed by atoms with Crippen LogP contribution in [0.15, 0.2) is 29.4 Å². The number of nitrogens with one attached hydrogen (secondary N) is 2. The molecule has 0 aromatic heterocycles. The fourth-order valence-electron chi connectivity index (χ4n) is 2.95. The van der Waals surface area contributed by atoms with Gasteiger partial charge in [-0.1, -0.05) is 45.7 Å². The molecule has 0 aliphatic heterocycles. The van der Waals surface area contributed by atoms with Crippen molar-refractivity contribution in [3.8, 4) is 0 Å². The van der Waals surface area contributed by atoms with Gasteiger partial charge in [0, 0.05) is 17.3 Å². The lowest BCUT2D eigenvalue weighted by Crippen LogP contribution is -2.33. The van der Waals surface area contributed by atoms with E-state index in [2.05, 4.69) is 36.6 Å². The van der Waals surface area contributed by atoms with Crippen LogP contribution in [-0.2, 0) is 10.2 Å². The second-order valence-electron chi connectivity index (χ2n) is 7.84. The van der Waals surface area contributed by atoms with E-state index in [-0.39, 0.29) is 23.7 Å². The summed E-state index contributed by atoms with van der Waals surface area (Å²) < 4.78 is 0. The van der Waals surface area contributed by atoms with E-state index >= 15 is 0 Å². The number of amides is 2. The molecule has 5 heteroatoms. The summed E-state index contributed by atoms with van der Waals surface area (Å²) in [5.41, 5.74) is 4.90. The van der Waals surface area contributed by atoms with Crippen LogP contribution in [0.1, 0.15) is 75.7 Å². The summed E-state index contributed by atoms with van der Waals surface area (Å²) in [5, 5.41) is 7.06. The number of rotatable bonds is 5. The van der Waals surface area contributed by atoms with Crippen molar-refractivity contribution in [3.05, 3.63) is 35.4 Å². The highest BCUT2D eigenvalue weighted by Crippen LogP contribution is 2.22. The third-order valence-electron chi connectivity index (χ3n) is 4.50. The van der Waals surface area contributed by atoms with Crippen LogP contribution in [0.3, 0.4) is 0 Å². The maximum atomic E-state index is 12.2. The maximum Gasteiger partial charge on any atom is 0.271 e. The molecular formula is C20H29N3O2. The van der Waals surface area contributed by atoms with Crippen LogP contribution in [0.2, 0.25) is 0 Å². The van der Waals surface area contributed by atoms with E-state index < -0.39 is 0 Å². The van der Waals surface area contributed by atoms with Crippen molar-refractivity contribution in [2.45, 2.75) is 71.3 Å². The third kappa shape index (κ3) is 6.00. The molecule has 2 rings (SSSR count). The summed E-state index contributed by atoms with van der Waals surface area (Å²) in [5.74, 6) is -0.298. The third-order valence-corrected chi connectivity index (χ3v) is 4.50. The Bertz CT molecular complexity index is 636. The monoisotopic (exact) mass is 343 g/mol. The zero-order valence-corrected chi connectivity index (χ0v) is 15.7. The second kappa shape index (κ2) is 8.28. The van der Waals surface area contributed by atoms with Gasteiger partial charge >= 0.3 is 0 Å². The van der Waals surface area contributed by atoms with Crippen LogP contribution >= 0.6 is 0 Å². The largest absolute Gasteiger partial charge is 0.353 e. The van der Waals surface area contributed by atoms with Gasteiger partial charge in [-0.25, -0.2) is 5.43 Å². The lowest BCUT2D eigenvalue weighted by molar-refractivity contribution is -0.120. The molecule has 0 radical (unpaired) electrons. The number of nitrogens with zero attached hydrogens (tertiary/aromatic N) is 1. The van der Waals surface area contributed by atoms with Gasteiger partial charge in [-0.3, -0.25) is 9.59 Å². The van der Waals surface area contributed by atoms with Gasteiger partial charge in [0.15, 0.2) is 0 Å². The van der Waals surface area contributed by atoms with Gasteiger partial charge in [0.1, 0.15) is 0 Å². The van der Waals surface area contributed by atoms with Gasteiger partial charge in [-0.05, 0) is 42.9 Å². The topological polar surface area (TPSA) is 70.6 Å². The molecule has 136 valence electrons. The summed E-state index contributed by atoms with van der Waals surface area (Å²) >= 11 is 0. The molecule has 0 unspecified atom stereocenters. The van der Waals surface area contributed by atoms with Crippen LogP contribution in [-0.4, -0.2) is 23.6 Å². The van der Waals surface area contributed by atoms with Crippen molar-refractivity contribution in [1.29, 1.82) is 0 Å². The van der Waals surface area contributed by atoms with E-state index in [1.165, 1.54) is 18.4 Å². The molecule has 0 heterocycles. The first-order valence-corrected chi connectivity index (χ1v) is 8.99. The molecule has 0 spiro atoms. The molecule has 0 bridgehead atoms. The average Bonchev–Trinajstić information content (AvgIpc) is 3.04. The molecule has 0 saturated heterocycles. The highest BCUT2D eigenvalue weighted by atomic mass is 16.2. The van der Waals surface area contributed by atoms with Crippen LogP contribution in [0.5, 0.6) is 0 Å². The SMILES string of the molecule is CC(CC(=O)NC1CCCC1)=NNC(=O)c1ccc(C(C)(C)C)cc1. The lowest BCUT2D eigenvalue weighted by Gasteiger charge is -2.18.